The Balaban J connectivity index is 2.12. The van der Waals surface area contributed by atoms with Crippen molar-refractivity contribution in [3.63, 3.8) is 0 Å². The first-order chi connectivity index (χ1) is 7.88. The molecule has 0 radical (unpaired) electrons. The molecule has 1 aromatic heterocycles. The first kappa shape index (κ1) is 9.13. The molecule has 1 aromatic carbocycles. The molecule has 1 N–H and O–H groups in total. The Morgan fingerprint density at radius 1 is 1.38 bits per heavy atom. The Hall–Kier alpha value is -2.12. The molecule has 2 heterocycles. The molecule has 16 heavy (non-hydrogen) atoms. The molecule has 1 aliphatic heterocycles. The number of hydrogen-bond acceptors (Lipinski definition) is 3. The van der Waals surface area contributed by atoms with Gasteiger partial charge >= 0.3 is 0 Å². The van der Waals surface area contributed by atoms with Crippen molar-refractivity contribution in [2.24, 2.45) is 0 Å². The van der Waals surface area contributed by atoms with Crippen LogP contribution in [-0.4, -0.2) is 9.78 Å². The number of nitriles is 1. The van der Waals surface area contributed by atoms with Gasteiger partial charge in [-0.3, -0.25) is 0 Å². The molecular weight excluding hydrogens is 200 g/mol. The molecule has 0 bridgehead atoms. The highest BCUT2D eigenvalue weighted by Gasteiger charge is 2.16. The summed E-state index contributed by atoms with van der Waals surface area (Å²) in [6.45, 7) is 1.72. The smallest absolute Gasteiger partial charge is 0.0992 e. The summed E-state index contributed by atoms with van der Waals surface area (Å²) in [4.78, 5) is 0. The number of benzene rings is 1. The van der Waals surface area contributed by atoms with Gasteiger partial charge in [-0.15, -0.1) is 0 Å². The van der Waals surface area contributed by atoms with E-state index in [1.165, 1.54) is 11.3 Å². The van der Waals surface area contributed by atoms with Gasteiger partial charge in [0, 0.05) is 18.7 Å². The van der Waals surface area contributed by atoms with Crippen molar-refractivity contribution < 1.29 is 0 Å². The van der Waals surface area contributed by atoms with Crippen molar-refractivity contribution in [2.45, 2.75) is 13.1 Å². The number of aromatic nitrogens is 2. The Morgan fingerprint density at radius 2 is 2.31 bits per heavy atom. The molecule has 3 rings (SSSR count). The predicted molar refractivity (Wildman–Crippen MR) is 58.8 cm³/mol. The molecule has 0 saturated carbocycles. The van der Waals surface area contributed by atoms with Gasteiger partial charge in [-0.25, -0.2) is 4.68 Å². The molecule has 2 aromatic rings. The molecule has 4 nitrogen and oxygen atoms in total. The zero-order chi connectivity index (χ0) is 11.0. The lowest BCUT2D eigenvalue weighted by Gasteiger charge is -2.05. The van der Waals surface area contributed by atoms with Crippen LogP contribution in [0.3, 0.4) is 0 Å². The second kappa shape index (κ2) is 3.47. The largest absolute Gasteiger partial charge is 0.307 e. The summed E-state index contributed by atoms with van der Waals surface area (Å²) in [6, 6.07) is 9.63. The van der Waals surface area contributed by atoms with E-state index >= 15 is 0 Å². The molecule has 0 atom stereocenters. The topological polar surface area (TPSA) is 53.6 Å². The summed E-state index contributed by atoms with van der Waals surface area (Å²) in [5, 5.41) is 16.5. The predicted octanol–water partition coefficient (Wildman–Crippen LogP) is 1.35. The van der Waals surface area contributed by atoms with Gasteiger partial charge in [0.2, 0.25) is 0 Å². The van der Waals surface area contributed by atoms with Gasteiger partial charge in [0.15, 0.2) is 0 Å². The number of nitrogens with zero attached hydrogens (tertiary/aromatic N) is 3. The van der Waals surface area contributed by atoms with Gasteiger partial charge in [-0.05, 0) is 18.2 Å². The summed E-state index contributed by atoms with van der Waals surface area (Å²) in [6.07, 6.45) is 1.88. The number of nitrogens with one attached hydrogen (secondary N) is 1. The van der Waals surface area contributed by atoms with Gasteiger partial charge in [0.25, 0.3) is 0 Å². The molecule has 4 heteroatoms. The van der Waals surface area contributed by atoms with Crippen molar-refractivity contribution in [3.8, 4) is 11.8 Å². The van der Waals surface area contributed by atoms with Crippen LogP contribution < -0.4 is 5.32 Å². The summed E-state index contributed by atoms with van der Waals surface area (Å²) >= 11 is 0. The van der Waals surface area contributed by atoms with Gasteiger partial charge in [-0.2, -0.15) is 10.4 Å². The van der Waals surface area contributed by atoms with Crippen LogP contribution in [0.2, 0.25) is 0 Å². The maximum absolute atomic E-state index is 8.86. The molecule has 0 saturated heterocycles. The fourth-order valence-corrected chi connectivity index (χ4v) is 1.99. The van der Waals surface area contributed by atoms with Gasteiger partial charge in [0.05, 0.1) is 29.2 Å². The quantitative estimate of drug-likeness (QED) is 0.773. The van der Waals surface area contributed by atoms with Crippen LogP contribution in [0.5, 0.6) is 0 Å². The molecule has 0 spiro atoms. The third-order valence-electron chi connectivity index (χ3n) is 2.78. The van der Waals surface area contributed by atoms with Crippen molar-refractivity contribution >= 4 is 0 Å². The summed E-state index contributed by atoms with van der Waals surface area (Å²) in [7, 11) is 0. The lowest BCUT2D eigenvalue weighted by molar-refractivity contribution is 0.711. The Morgan fingerprint density at radius 3 is 3.19 bits per heavy atom. The molecular formula is C12H10N4. The maximum atomic E-state index is 8.86. The van der Waals surface area contributed by atoms with Crippen LogP contribution in [0, 0.1) is 11.3 Å². The minimum atomic E-state index is 0.660. The van der Waals surface area contributed by atoms with Crippen molar-refractivity contribution in [2.75, 3.05) is 0 Å². The molecule has 1 aliphatic rings. The van der Waals surface area contributed by atoms with Crippen LogP contribution in [-0.2, 0) is 13.1 Å². The lowest BCUT2D eigenvalue weighted by Crippen LogP contribution is -2.07. The molecule has 0 fully saturated rings. The third kappa shape index (κ3) is 1.30. The fraction of sp³-hybridized carbons (Fsp3) is 0.167. The third-order valence-corrected chi connectivity index (χ3v) is 2.78. The van der Waals surface area contributed by atoms with E-state index in [4.69, 9.17) is 5.26 Å². The van der Waals surface area contributed by atoms with Gasteiger partial charge in [0.1, 0.15) is 0 Å². The number of hydrogen-bond donors (Lipinski definition) is 1. The average molecular weight is 210 g/mol. The van der Waals surface area contributed by atoms with Crippen molar-refractivity contribution in [1.82, 2.24) is 15.1 Å². The van der Waals surface area contributed by atoms with E-state index in [-0.39, 0.29) is 0 Å². The monoisotopic (exact) mass is 210 g/mol. The standard InChI is InChI=1S/C12H10N4/c13-5-9-2-1-3-11(4-9)16-12-8-14-6-10(12)7-15-16/h1-4,7,14H,6,8H2. The zero-order valence-electron chi connectivity index (χ0n) is 8.64. The summed E-state index contributed by atoms with van der Waals surface area (Å²) in [5.41, 5.74) is 4.04. The Kier molecular flexibility index (Phi) is 1.98. The van der Waals surface area contributed by atoms with Gasteiger partial charge < -0.3 is 5.32 Å². The molecule has 0 unspecified atom stereocenters. The van der Waals surface area contributed by atoms with E-state index in [2.05, 4.69) is 16.5 Å². The van der Waals surface area contributed by atoms with Crippen LogP contribution in [0.25, 0.3) is 5.69 Å². The lowest BCUT2D eigenvalue weighted by atomic mass is 10.2. The summed E-state index contributed by atoms with van der Waals surface area (Å²) in [5.74, 6) is 0. The first-order valence-corrected chi connectivity index (χ1v) is 5.15. The number of fused-ring (bicyclic) bond motifs is 1. The average Bonchev–Trinajstić information content (AvgIpc) is 2.90. The van der Waals surface area contributed by atoms with Crippen LogP contribution in [0.4, 0.5) is 0 Å². The van der Waals surface area contributed by atoms with Crippen molar-refractivity contribution in [3.05, 3.63) is 47.3 Å². The molecule has 0 amide bonds. The molecule has 78 valence electrons. The highest BCUT2D eigenvalue weighted by atomic mass is 15.3. The van der Waals surface area contributed by atoms with Crippen LogP contribution in [0.15, 0.2) is 30.5 Å². The summed E-state index contributed by atoms with van der Waals surface area (Å²) < 4.78 is 1.90. The van der Waals surface area contributed by atoms with Crippen LogP contribution >= 0.6 is 0 Å². The Bertz CT molecular complexity index is 577. The normalized spacial score (nSPS) is 13.4. The zero-order valence-corrected chi connectivity index (χ0v) is 8.64. The SMILES string of the molecule is N#Cc1cccc(-n2ncc3c2CNC3)c1. The van der Waals surface area contributed by atoms with Gasteiger partial charge in [-0.1, -0.05) is 6.07 Å². The van der Waals surface area contributed by atoms with E-state index in [1.807, 2.05) is 29.1 Å². The maximum Gasteiger partial charge on any atom is 0.0992 e. The highest BCUT2D eigenvalue weighted by molar-refractivity contribution is 5.43. The van der Waals surface area contributed by atoms with Crippen LogP contribution in [0.1, 0.15) is 16.8 Å². The number of rotatable bonds is 1. The van der Waals surface area contributed by atoms with E-state index in [9.17, 15) is 0 Å². The Labute approximate surface area is 93.1 Å². The second-order valence-electron chi connectivity index (χ2n) is 3.79. The van der Waals surface area contributed by atoms with E-state index in [0.717, 1.165) is 18.8 Å². The van der Waals surface area contributed by atoms with E-state index in [1.54, 1.807) is 6.07 Å². The minimum absolute atomic E-state index is 0.660. The van der Waals surface area contributed by atoms with Crippen molar-refractivity contribution in [1.29, 1.82) is 5.26 Å². The minimum Gasteiger partial charge on any atom is -0.307 e. The first-order valence-electron chi connectivity index (χ1n) is 5.15. The highest BCUT2D eigenvalue weighted by Crippen LogP contribution is 2.19. The second-order valence-corrected chi connectivity index (χ2v) is 3.79. The molecule has 0 aliphatic carbocycles. The van der Waals surface area contributed by atoms with E-state index in [0.29, 0.717) is 5.56 Å². The fourth-order valence-electron chi connectivity index (χ4n) is 1.99. The van der Waals surface area contributed by atoms with E-state index < -0.39 is 0 Å².